The van der Waals surface area contributed by atoms with E-state index in [1.165, 1.54) is 21.1 Å². The van der Waals surface area contributed by atoms with Gasteiger partial charge in [0.05, 0.1) is 22.5 Å². The molecule has 7 rings (SSSR count). The van der Waals surface area contributed by atoms with Gasteiger partial charge in [0.15, 0.2) is 6.10 Å². The molecule has 4 fully saturated rings. The van der Waals surface area contributed by atoms with Crippen molar-refractivity contribution in [2.75, 3.05) is 63.9 Å². The third-order valence-electron chi connectivity index (χ3n) is 12.0. The summed E-state index contributed by atoms with van der Waals surface area (Å²) < 4.78 is 89.2. The number of nitrogen functional groups attached to an aromatic ring is 1. The van der Waals surface area contributed by atoms with E-state index in [0.29, 0.717) is 69.2 Å². The molecular formula is C36H45F6N7O4S. The monoisotopic (exact) mass is 785 g/mol. The summed E-state index contributed by atoms with van der Waals surface area (Å²) in [6, 6.07) is 1.96. The highest BCUT2D eigenvalue weighted by molar-refractivity contribution is 7.08. The molecule has 3 atom stereocenters. The molecule has 3 N–H and O–H groups in total. The van der Waals surface area contributed by atoms with Crippen molar-refractivity contribution in [2.45, 2.75) is 94.0 Å². The van der Waals surface area contributed by atoms with E-state index in [0.717, 1.165) is 36.9 Å². The zero-order valence-corrected chi connectivity index (χ0v) is 30.7. The molecule has 2 bridgehead atoms. The molecule has 5 aliphatic rings. The van der Waals surface area contributed by atoms with E-state index in [-0.39, 0.29) is 38.3 Å². The first-order valence-corrected chi connectivity index (χ1v) is 19.4. The number of ether oxygens (including phenoxy) is 1. The molecule has 18 heteroatoms. The van der Waals surface area contributed by atoms with Gasteiger partial charge in [0.1, 0.15) is 0 Å². The van der Waals surface area contributed by atoms with Crippen molar-refractivity contribution in [2.24, 2.45) is 0 Å². The van der Waals surface area contributed by atoms with Crippen molar-refractivity contribution in [1.82, 2.24) is 24.5 Å². The van der Waals surface area contributed by atoms with Crippen LogP contribution in [0, 0.1) is 0 Å². The maximum Gasteiger partial charge on any atom is 0.418 e. The number of nitrogens with two attached hydrogens (primary N) is 1. The Hall–Kier alpha value is -3.77. The second-order valence-corrected chi connectivity index (χ2v) is 15.9. The SMILES string of the molecule is CN1C2CCC1CC(N1CCN(C(=O)[C@@H](Cc3cc(C(F)(F)F)c(N)c(C(F)(F)F)c3)OC(=O)N3CCC(N4CCc5cscc5NC4=O)CC3)CC1)C2. The van der Waals surface area contributed by atoms with Gasteiger partial charge in [-0.3, -0.25) is 9.69 Å². The van der Waals surface area contributed by atoms with Gasteiger partial charge in [0.25, 0.3) is 5.91 Å². The van der Waals surface area contributed by atoms with Gasteiger partial charge in [-0.2, -0.15) is 26.3 Å². The normalized spacial score (nSPS) is 25.3. The third-order valence-corrected chi connectivity index (χ3v) is 12.8. The molecule has 5 aliphatic heterocycles. The van der Waals surface area contributed by atoms with Crippen molar-refractivity contribution in [3.8, 4) is 0 Å². The molecule has 2 aromatic rings. The number of thiophene rings is 1. The molecule has 4 amide bonds. The van der Waals surface area contributed by atoms with E-state index in [9.17, 15) is 40.7 Å². The van der Waals surface area contributed by atoms with E-state index < -0.39 is 59.3 Å². The lowest BCUT2D eigenvalue weighted by molar-refractivity contribution is -0.143. The highest BCUT2D eigenvalue weighted by Crippen LogP contribution is 2.42. The Morgan fingerprint density at radius 2 is 1.46 bits per heavy atom. The van der Waals surface area contributed by atoms with Gasteiger partial charge >= 0.3 is 24.5 Å². The number of hydrogen-bond donors (Lipinski definition) is 2. The van der Waals surface area contributed by atoms with Crippen LogP contribution in [0.4, 0.5) is 47.3 Å². The fourth-order valence-corrected chi connectivity index (χ4v) is 9.77. The van der Waals surface area contributed by atoms with Gasteiger partial charge in [-0.15, -0.1) is 11.3 Å². The molecule has 4 saturated heterocycles. The van der Waals surface area contributed by atoms with Crippen LogP contribution in [-0.4, -0.2) is 126 Å². The van der Waals surface area contributed by atoms with E-state index in [1.807, 2.05) is 10.8 Å². The number of nitrogens with zero attached hydrogens (tertiary/aromatic N) is 5. The molecule has 296 valence electrons. The Morgan fingerprint density at radius 3 is 2.06 bits per heavy atom. The largest absolute Gasteiger partial charge is 0.436 e. The number of piperazine rings is 1. The van der Waals surface area contributed by atoms with Gasteiger partial charge in [0.2, 0.25) is 0 Å². The zero-order chi connectivity index (χ0) is 38.5. The van der Waals surface area contributed by atoms with Crippen molar-refractivity contribution in [3.63, 3.8) is 0 Å². The average molecular weight is 786 g/mol. The predicted octanol–water partition coefficient (Wildman–Crippen LogP) is 5.74. The molecule has 11 nitrogen and oxygen atoms in total. The van der Waals surface area contributed by atoms with E-state index >= 15 is 0 Å². The van der Waals surface area contributed by atoms with Crippen LogP contribution in [0.5, 0.6) is 0 Å². The highest BCUT2D eigenvalue weighted by Gasteiger charge is 2.44. The Bertz CT molecular complexity index is 1670. The van der Waals surface area contributed by atoms with Gasteiger partial charge in [0, 0.05) is 81.8 Å². The Labute approximate surface area is 313 Å². The number of alkyl halides is 6. The molecule has 54 heavy (non-hydrogen) atoms. The number of rotatable bonds is 6. The number of amides is 4. The number of nitrogens with one attached hydrogen (secondary N) is 1. The minimum Gasteiger partial charge on any atom is -0.436 e. The number of piperidine rings is 2. The Kier molecular flexibility index (Phi) is 10.7. The number of halogens is 6. The molecule has 0 spiro atoms. The zero-order valence-electron chi connectivity index (χ0n) is 29.9. The molecule has 0 radical (unpaired) electrons. The summed E-state index contributed by atoms with van der Waals surface area (Å²) in [5.74, 6) is -0.686. The van der Waals surface area contributed by atoms with Gasteiger partial charge in [-0.25, -0.2) is 9.59 Å². The second-order valence-electron chi connectivity index (χ2n) is 15.1. The first-order valence-electron chi connectivity index (χ1n) is 18.5. The predicted molar refractivity (Wildman–Crippen MR) is 189 cm³/mol. The fourth-order valence-electron chi connectivity index (χ4n) is 8.95. The summed E-state index contributed by atoms with van der Waals surface area (Å²) in [6.07, 6.45) is -7.88. The van der Waals surface area contributed by atoms with E-state index in [4.69, 9.17) is 10.5 Å². The quantitative estimate of drug-likeness (QED) is 0.284. The number of fused-ring (bicyclic) bond motifs is 3. The number of hydrogen-bond acceptors (Lipinski definition) is 8. The molecule has 1 aromatic carbocycles. The standard InChI is InChI=1S/C36H45F6N7O4S/c1-45-24-2-3-25(45)18-26(17-24)46-10-12-47(13-11-46)32(50)30(16-21-14-27(35(37,38)39)31(43)28(15-21)36(40,41)42)53-34(52)48-7-5-23(6-8-48)49-9-4-22-19-54-20-29(22)44-33(49)51/h14-15,19-20,23-26,30H,2-13,16-18,43H2,1H3,(H,44,51)/t24?,25?,26?,30-/m1/s1. The second kappa shape index (κ2) is 15.0. The van der Waals surface area contributed by atoms with Crippen LogP contribution in [0.15, 0.2) is 22.9 Å². The van der Waals surface area contributed by atoms with Gasteiger partial charge in [-0.1, -0.05) is 0 Å². The lowest BCUT2D eigenvalue weighted by atomic mass is 9.95. The van der Waals surface area contributed by atoms with Gasteiger partial charge in [-0.05, 0) is 80.6 Å². The van der Waals surface area contributed by atoms with Crippen LogP contribution in [0.1, 0.15) is 60.8 Å². The molecule has 6 heterocycles. The fraction of sp³-hybridized carbons (Fsp3) is 0.639. The number of likely N-dealkylation sites (tertiary alicyclic amines) is 1. The summed E-state index contributed by atoms with van der Waals surface area (Å²) >= 11 is 1.51. The molecule has 0 aliphatic carbocycles. The van der Waals surface area contributed by atoms with E-state index in [2.05, 4.69) is 22.2 Å². The molecule has 1 aromatic heterocycles. The summed E-state index contributed by atoms with van der Waals surface area (Å²) in [5, 5.41) is 6.80. The first kappa shape index (κ1) is 38.5. The number of benzene rings is 1. The maximum atomic E-state index is 14.1. The maximum absolute atomic E-state index is 14.1. The average Bonchev–Trinajstić information content (AvgIpc) is 3.57. The van der Waals surface area contributed by atoms with Crippen LogP contribution in [0.2, 0.25) is 0 Å². The minimum absolute atomic E-state index is 0.172. The highest BCUT2D eigenvalue weighted by atomic mass is 32.1. The summed E-state index contributed by atoms with van der Waals surface area (Å²) in [5.41, 5.74) is 1.89. The summed E-state index contributed by atoms with van der Waals surface area (Å²) in [4.78, 5) is 50.1. The van der Waals surface area contributed by atoms with Crippen LogP contribution < -0.4 is 11.1 Å². The molecular weight excluding hydrogens is 740 g/mol. The number of carbonyl (C=O) groups is 3. The topological polar surface area (TPSA) is 115 Å². The lowest BCUT2D eigenvalue weighted by Crippen LogP contribution is -2.57. The van der Waals surface area contributed by atoms with Crippen LogP contribution in [0.25, 0.3) is 0 Å². The number of urea groups is 1. The van der Waals surface area contributed by atoms with Crippen molar-refractivity contribution >= 4 is 40.7 Å². The minimum atomic E-state index is -5.21. The van der Waals surface area contributed by atoms with Crippen LogP contribution in [-0.2, 0) is 34.7 Å². The molecule has 0 saturated carbocycles. The third kappa shape index (κ3) is 7.96. The van der Waals surface area contributed by atoms with Crippen molar-refractivity contribution < 1.29 is 45.5 Å². The first-order chi connectivity index (χ1) is 25.6. The number of anilines is 2. The van der Waals surface area contributed by atoms with Crippen molar-refractivity contribution in [1.29, 1.82) is 0 Å². The Morgan fingerprint density at radius 1 is 0.852 bits per heavy atom. The van der Waals surface area contributed by atoms with E-state index in [1.54, 1.807) is 4.90 Å². The van der Waals surface area contributed by atoms with Crippen LogP contribution in [0.3, 0.4) is 0 Å². The Balaban J connectivity index is 1.05. The molecule has 2 unspecified atom stereocenters. The summed E-state index contributed by atoms with van der Waals surface area (Å²) in [6.45, 7) is 2.47. The van der Waals surface area contributed by atoms with Gasteiger partial charge < -0.3 is 35.4 Å². The smallest absolute Gasteiger partial charge is 0.418 e. The lowest BCUT2D eigenvalue weighted by Gasteiger charge is -2.45. The summed E-state index contributed by atoms with van der Waals surface area (Å²) in [7, 11) is 2.16. The van der Waals surface area contributed by atoms with Crippen LogP contribution >= 0.6 is 11.3 Å². The van der Waals surface area contributed by atoms with Crippen molar-refractivity contribution in [3.05, 3.63) is 45.1 Å². The number of carbonyl (C=O) groups excluding carboxylic acids is 3.